The lowest BCUT2D eigenvalue weighted by Gasteiger charge is -2.21. The Kier molecular flexibility index (Phi) is 6.17. The number of carbonyl (C=O) groups excluding carboxylic acids is 2. The van der Waals surface area contributed by atoms with Gasteiger partial charge in [0.25, 0.3) is 0 Å². The predicted molar refractivity (Wildman–Crippen MR) is 100 cm³/mol. The minimum absolute atomic E-state index is 0.107. The summed E-state index contributed by atoms with van der Waals surface area (Å²) in [5, 5.41) is 2.90. The quantitative estimate of drug-likeness (QED) is 0.872. The van der Waals surface area contributed by atoms with Crippen LogP contribution in [0.15, 0.2) is 42.5 Å². The van der Waals surface area contributed by atoms with Crippen molar-refractivity contribution in [1.29, 1.82) is 0 Å². The van der Waals surface area contributed by atoms with Crippen molar-refractivity contribution in [3.05, 3.63) is 53.6 Å². The van der Waals surface area contributed by atoms with Crippen LogP contribution in [0.3, 0.4) is 0 Å². The highest BCUT2D eigenvalue weighted by Crippen LogP contribution is 2.20. The van der Waals surface area contributed by atoms with E-state index in [9.17, 15) is 9.59 Å². The van der Waals surface area contributed by atoms with E-state index in [0.29, 0.717) is 6.54 Å². The maximum atomic E-state index is 12.2. The molecule has 0 fully saturated rings. The number of anilines is 2. The highest BCUT2D eigenvalue weighted by molar-refractivity contribution is 5.95. The first kappa shape index (κ1) is 18.5. The summed E-state index contributed by atoms with van der Waals surface area (Å²) in [7, 11) is 1.59. The molecule has 0 unspecified atom stereocenters. The van der Waals surface area contributed by atoms with Crippen LogP contribution in [0.2, 0.25) is 0 Å². The number of hydrogen-bond acceptors (Lipinski definition) is 3. The SMILES string of the molecule is COc1ccc(N(CCC(=O)Nc2ccc(C)cc2C)C(C)=O)cc1. The van der Waals surface area contributed by atoms with Gasteiger partial charge in [-0.25, -0.2) is 0 Å². The van der Waals surface area contributed by atoms with Crippen LogP contribution < -0.4 is 15.0 Å². The average Bonchev–Trinajstić information content (AvgIpc) is 2.58. The molecule has 0 aliphatic heterocycles. The number of aryl methyl sites for hydroxylation is 2. The monoisotopic (exact) mass is 340 g/mol. The molecule has 0 heterocycles. The fraction of sp³-hybridized carbons (Fsp3) is 0.300. The van der Waals surface area contributed by atoms with Gasteiger partial charge in [0.15, 0.2) is 0 Å². The third-order valence-electron chi connectivity index (χ3n) is 3.98. The standard InChI is InChI=1S/C20H24N2O3/c1-14-5-10-19(15(2)13-14)21-20(24)11-12-22(16(3)23)17-6-8-18(25-4)9-7-17/h5-10,13H,11-12H2,1-4H3,(H,21,24). The van der Waals surface area contributed by atoms with E-state index < -0.39 is 0 Å². The van der Waals surface area contributed by atoms with E-state index in [-0.39, 0.29) is 18.2 Å². The molecule has 2 aromatic rings. The lowest BCUT2D eigenvalue weighted by atomic mass is 10.1. The Bertz CT molecular complexity index is 754. The van der Waals surface area contributed by atoms with Gasteiger partial charge in [-0.15, -0.1) is 0 Å². The lowest BCUT2D eigenvalue weighted by molar-refractivity contribution is -0.117. The second-order valence-electron chi connectivity index (χ2n) is 5.99. The maximum Gasteiger partial charge on any atom is 0.226 e. The van der Waals surface area contributed by atoms with E-state index in [4.69, 9.17) is 4.74 Å². The van der Waals surface area contributed by atoms with Gasteiger partial charge < -0.3 is 15.0 Å². The van der Waals surface area contributed by atoms with Gasteiger partial charge in [-0.05, 0) is 49.7 Å². The molecule has 0 saturated carbocycles. The van der Waals surface area contributed by atoms with Crippen molar-refractivity contribution in [1.82, 2.24) is 0 Å². The van der Waals surface area contributed by atoms with Crippen molar-refractivity contribution >= 4 is 23.2 Å². The Balaban J connectivity index is 2.00. The number of nitrogens with one attached hydrogen (secondary N) is 1. The van der Waals surface area contributed by atoms with Gasteiger partial charge in [0.1, 0.15) is 5.75 Å². The number of ether oxygens (including phenoxy) is 1. The smallest absolute Gasteiger partial charge is 0.226 e. The molecule has 0 radical (unpaired) electrons. The molecule has 1 N–H and O–H groups in total. The first-order chi connectivity index (χ1) is 11.9. The fourth-order valence-electron chi connectivity index (χ4n) is 2.61. The van der Waals surface area contributed by atoms with Crippen LogP contribution in [0.5, 0.6) is 5.75 Å². The summed E-state index contributed by atoms with van der Waals surface area (Å²) in [4.78, 5) is 25.7. The second-order valence-corrected chi connectivity index (χ2v) is 5.99. The highest BCUT2D eigenvalue weighted by atomic mass is 16.5. The van der Waals surface area contributed by atoms with Gasteiger partial charge in [-0.3, -0.25) is 9.59 Å². The molecule has 0 spiro atoms. The van der Waals surface area contributed by atoms with Crippen molar-refractivity contribution in [2.24, 2.45) is 0 Å². The summed E-state index contributed by atoms with van der Waals surface area (Å²) in [5.74, 6) is 0.496. The van der Waals surface area contributed by atoms with Gasteiger partial charge in [0, 0.05) is 31.3 Å². The topological polar surface area (TPSA) is 58.6 Å². The van der Waals surface area contributed by atoms with Crippen molar-refractivity contribution in [2.75, 3.05) is 23.9 Å². The van der Waals surface area contributed by atoms with Crippen molar-refractivity contribution in [2.45, 2.75) is 27.2 Å². The van der Waals surface area contributed by atoms with Gasteiger partial charge in [-0.1, -0.05) is 17.7 Å². The molecule has 0 atom stereocenters. The third-order valence-corrected chi connectivity index (χ3v) is 3.98. The summed E-state index contributed by atoms with van der Waals surface area (Å²) in [6.07, 6.45) is 0.221. The number of nitrogens with zero attached hydrogens (tertiary/aromatic N) is 1. The molecule has 2 amide bonds. The van der Waals surface area contributed by atoms with Gasteiger partial charge in [0.05, 0.1) is 7.11 Å². The zero-order chi connectivity index (χ0) is 18.4. The molecule has 132 valence electrons. The lowest BCUT2D eigenvalue weighted by Crippen LogP contribution is -2.32. The zero-order valence-electron chi connectivity index (χ0n) is 15.1. The van der Waals surface area contributed by atoms with Crippen LogP contribution >= 0.6 is 0 Å². The van der Waals surface area contributed by atoms with E-state index in [1.165, 1.54) is 6.92 Å². The highest BCUT2D eigenvalue weighted by Gasteiger charge is 2.14. The Hall–Kier alpha value is -2.82. The van der Waals surface area contributed by atoms with E-state index in [2.05, 4.69) is 5.32 Å². The molecule has 0 aliphatic carbocycles. The van der Waals surface area contributed by atoms with Gasteiger partial charge in [0.2, 0.25) is 11.8 Å². The summed E-state index contributed by atoms with van der Waals surface area (Å²) in [5.41, 5.74) is 3.71. The molecular formula is C20H24N2O3. The van der Waals surface area contributed by atoms with E-state index in [1.54, 1.807) is 24.1 Å². The predicted octanol–water partition coefficient (Wildman–Crippen LogP) is 3.69. The number of carbonyl (C=O) groups is 2. The molecule has 5 nitrogen and oxygen atoms in total. The molecule has 2 rings (SSSR count). The summed E-state index contributed by atoms with van der Waals surface area (Å²) >= 11 is 0. The third kappa shape index (κ3) is 5.08. The number of rotatable bonds is 6. The molecule has 25 heavy (non-hydrogen) atoms. The largest absolute Gasteiger partial charge is 0.497 e. The van der Waals surface area contributed by atoms with Crippen LogP contribution in [0, 0.1) is 13.8 Å². The molecule has 0 aliphatic rings. The molecule has 0 bridgehead atoms. The molecular weight excluding hydrogens is 316 g/mol. The Morgan fingerprint density at radius 1 is 1.08 bits per heavy atom. The maximum absolute atomic E-state index is 12.2. The summed E-state index contributed by atoms with van der Waals surface area (Å²) in [6.45, 7) is 5.78. The van der Waals surface area contributed by atoms with Crippen LogP contribution in [0.1, 0.15) is 24.5 Å². The van der Waals surface area contributed by atoms with Crippen molar-refractivity contribution in [3.63, 3.8) is 0 Å². The number of hydrogen-bond donors (Lipinski definition) is 1. The minimum Gasteiger partial charge on any atom is -0.497 e. The molecule has 5 heteroatoms. The minimum atomic E-state index is -0.119. The molecule has 2 aromatic carbocycles. The normalized spacial score (nSPS) is 10.2. The van der Waals surface area contributed by atoms with Crippen LogP contribution in [0.25, 0.3) is 0 Å². The number of amides is 2. The van der Waals surface area contributed by atoms with Crippen LogP contribution in [0.4, 0.5) is 11.4 Å². The molecule has 0 saturated heterocycles. The van der Waals surface area contributed by atoms with Crippen LogP contribution in [-0.4, -0.2) is 25.5 Å². The number of methoxy groups -OCH3 is 1. The zero-order valence-corrected chi connectivity index (χ0v) is 15.1. The van der Waals surface area contributed by atoms with Gasteiger partial charge in [-0.2, -0.15) is 0 Å². The first-order valence-electron chi connectivity index (χ1n) is 8.20. The van der Waals surface area contributed by atoms with Gasteiger partial charge >= 0.3 is 0 Å². The van der Waals surface area contributed by atoms with Crippen molar-refractivity contribution in [3.8, 4) is 5.75 Å². The Morgan fingerprint density at radius 2 is 1.76 bits per heavy atom. The van der Waals surface area contributed by atoms with E-state index in [0.717, 1.165) is 28.3 Å². The Morgan fingerprint density at radius 3 is 2.32 bits per heavy atom. The van der Waals surface area contributed by atoms with Crippen molar-refractivity contribution < 1.29 is 14.3 Å². The summed E-state index contributed by atoms with van der Waals surface area (Å²) in [6, 6.07) is 13.1. The van der Waals surface area contributed by atoms with Crippen LogP contribution in [-0.2, 0) is 9.59 Å². The summed E-state index contributed by atoms with van der Waals surface area (Å²) < 4.78 is 5.13. The average molecular weight is 340 g/mol. The second kappa shape index (κ2) is 8.33. The molecule has 0 aromatic heterocycles. The van der Waals surface area contributed by atoms with E-state index in [1.807, 2.05) is 44.2 Å². The fourth-order valence-corrected chi connectivity index (χ4v) is 2.61. The number of benzene rings is 2. The van der Waals surface area contributed by atoms with E-state index >= 15 is 0 Å². The first-order valence-corrected chi connectivity index (χ1v) is 8.20. The Labute approximate surface area is 148 Å².